The number of carboxylic acids is 1. The number of carbonyl (C=O) groups excluding carboxylic acids is 5. The maximum Gasteiger partial charge on any atom is 0.326 e. The van der Waals surface area contributed by atoms with Gasteiger partial charge in [0.15, 0.2) is 0 Å². The lowest BCUT2D eigenvalue weighted by molar-refractivity contribution is -0.143. The second-order valence-electron chi connectivity index (χ2n) is 9.68. The summed E-state index contributed by atoms with van der Waals surface area (Å²) in [5, 5.41) is 17.5. The lowest BCUT2D eigenvalue weighted by Crippen LogP contribution is -2.59. The summed E-state index contributed by atoms with van der Waals surface area (Å²) in [6.07, 6.45) is 1.20. The molecule has 5 amide bonds. The van der Waals surface area contributed by atoms with Crippen molar-refractivity contribution in [1.29, 1.82) is 0 Å². The number of carbonyl (C=O) groups is 6. The molecule has 5 unspecified atom stereocenters. The molecule has 0 aliphatic heterocycles. The number of carboxylic acid groups (broad SMARTS) is 1. The van der Waals surface area contributed by atoms with Gasteiger partial charge in [-0.2, -0.15) is 0 Å². The molecule has 218 valence electrons. The predicted molar refractivity (Wildman–Crippen MR) is 145 cm³/mol. The highest BCUT2D eigenvalue weighted by Crippen LogP contribution is 2.19. The number of aromatic nitrogens is 1. The largest absolute Gasteiger partial charge is 0.480 e. The fourth-order valence-corrected chi connectivity index (χ4v) is 4.08. The molecule has 0 aliphatic carbocycles. The molecule has 0 bridgehead atoms. The van der Waals surface area contributed by atoms with Crippen molar-refractivity contribution in [2.75, 3.05) is 0 Å². The zero-order chi connectivity index (χ0) is 30.0. The number of fused-ring (bicyclic) bond motifs is 1. The summed E-state index contributed by atoms with van der Waals surface area (Å²) in [4.78, 5) is 76.5. The Kier molecular flexibility index (Phi) is 11.6. The summed E-state index contributed by atoms with van der Waals surface area (Å²) in [5.41, 5.74) is 18.1. The van der Waals surface area contributed by atoms with Gasteiger partial charge in [0.25, 0.3) is 0 Å². The Bertz CT molecular complexity index is 1240. The molecule has 14 heteroatoms. The minimum atomic E-state index is -1.44. The highest BCUT2D eigenvalue weighted by Gasteiger charge is 2.33. The van der Waals surface area contributed by atoms with Gasteiger partial charge in [-0.05, 0) is 30.4 Å². The molecule has 1 aromatic heterocycles. The van der Waals surface area contributed by atoms with Crippen LogP contribution < -0.4 is 33.2 Å². The molecule has 11 N–H and O–H groups in total. The molecule has 40 heavy (non-hydrogen) atoms. The number of benzene rings is 1. The van der Waals surface area contributed by atoms with E-state index in [9.17, 15) is 33.9 Å². The van der Waals surface area contributed by atoms with Crippen molar-refractivity contribution < 1.29 is 33.9 Å². The topological polar surface area (TPSA) is 253 Å². The number of primary amides is 2. The molecule has 0 fully saturated rings. The molecule has 5 atom stereocenters. The molecular formula is C26H37N7O7. The van der Waals surface area contributed by atoms with E-state index in [1.54, 1.807) is 20.0 Å². The molecule has 14 nitrogen and oxygen atoms in total. The van der Waals surface area contributed by atoms with Crippen LogP contribution in [0.1, 0.15) is 45.1 Å². The number of nitrogens with one attached hydrogen (secondary N) is 4. The Morgan fingerprint density at radius 1 is 0.925 bits per heavy atom. The van der Waals surface area contributed by atoms with E-state index in [2.05, 4.69) is 20.9 Å². The third-order valence-electron chi connectivity index (χ3n) is 6.58. The van der Waals surface area contributed by atoms with Crippen molar-refractivity contribution >= 4 is 46.4 Å². The van der Waals surface area contributed by atoms with E-state index >= 15 is 0 Å². The lowest BCUT2D eigenvalue weighted by Gasteiger charge is -2.27. The van der Waals surface area contributed by atoms with Gasteiger partial charge in [-0.3, -0.25) is 24.0 Å². The summed E-state index contributed by atoms with van der Waals surface area (Å²) in [6.45, 7) is 3.41. The number of aliphatic carboxylic acids is 1. The number of H-pyrrole nitrogens is 1. The van der Waals surface area contributed by atoms with Crippen molar-refractivity contribution in [2.45, 2.75) is 70.1 Å². The van der Waals surface area contributed by atoms with Crippen LogP contribution in [0.25, 0.3) is 10.9 Å². The van der Waals surface area contributed by atoms with Crippen LogP contribution in [-0.4, -0.2) is 69.8 Å². The van der Waals surface area contributed by atoms with Gasteiger partial charge in [-0.25, -0.2) is 4.79 Å². The number of nitrogens with two attached hydrogens (primary N) is 3. The zero-order valence-electron chi connectivity index (χ0n) is 22.4. The van der Waals surface area contributed by atoms with Gasteiger partial charge in [0.05, 0.1) is 12.5 Å². The molecule has 0 saturated heterocycles. The Hall–Kier alpha value is -4.46. The number of amides is 5. The van der Waals surface area contributed by atoms with Crippen molar-refractivity contribution in [3.8, 4) is 0 Å². The molecule has 0 spiro atoms. The van der Waals surface area contributed by atoms with E-state index in [0.717, 1.165) is 16.5 Å². The number of rotatable bonds is 16. The normalized spacial score (nSPS) is 14.8. The first-order chi connectivity index (χ1) is 18.8. The number of para-hydroxylation sites is 1. The van der Waals surface area contributed by atoms with Gasteiger partial charge < -0.3 is 43.2 Å². The summed E-state index contributed by atoms with van der Waals surface area (Å²) < 4.78 is 0. The Morgan fingerprint density at radius 3 is 2.17 bits per heavy atom. The zero-order valence-corrected chi connectivity index (χ0v) is 22.4. The van der Waals surface area contributed by atoms with Crippen LogP contribution >= 0.6 is 0 Å². The fourth-order valence-electron chi connectivity index (χ4n) is 4.08. The van der Waals surface area contributed by atoms with Crippen molar-refractivity contribution in [2.24, 2.45) is 23.1 Å². The smallest absolute Gasteiger partial charge is 0.326 e. The van der Waals surface area contributed by atoms with Crippen LogP contribution in [0.3, 0.4) is 0 Å². The van der Waals surface area contributed by atoms with Crippen LogP contribution in [0.2, 0.25) is 0 Å². The quantitative estimate of drug-likeness (QED) is 0.123. The molecule has 0 aliphatic rings. The van der Waals surface area contributed by atoms with E-state index in [-0.39, 0.29) is 19.3 Å². The van der Waals surface area contributed by atoms with E-state index in [4.69, 9.17) is 17.2 Å². The minimum Gasteiger partial charge on any atom is -0.480 e. The highest BCUT2D eigenvalue weighted by molar-refractivity contribution is 5.96. The average molecular weight is 560 g/mol. The van der Waals surface area contributed by atoms with Gasteiger partial charge in [-0.15, -0.1) is 0 Å². The number of hydrogen-bond acceptors (Lipinski definition) is 7. The van der Waals surface area contributed by atoms with Crippen LogP contribution in [0.5, 0.6) is 0 Å². The van der Waals surface area contributed by atoms with Crippen LogP contribution in [-0.2, 0) is 35.2 Å². The molecule has 2 rings (SSSR count). The second-order valence-corrected chi connectivity index (χ2v) is 9.68. The van der Waals surface area contributed by atoms with Gasteiger partial charge in [-0.1, -0.05) is 38.5 Å². The minimum absolute atomic E-state index is 0.139. The average Bonchev–Trinajstić information content (AvgIpc) is 3.30. The molecular weight excluding hydrogens is 522 g/mol. The van der Waals surface area contributed by atoms with Gasteiger partial charge in [0.2, 0.25) is 29.5 Å². The van der Waals surface area contributed by atoms with Crippen LogP contribution in [0.15, 0.2) is 30.5 Å². The first kappa shape index (κ1) is 31.8. The monoisotopic (exact) mass is 559 g/mol. The van der Waals surface area contributed by atoms with Gasteiger partial charge in [0.1, 0.15) is 18.1 Å². The van der Waals surface area contributed by atoms with E-state index in [1.165, 1.54) is 0 Å². The molecule has 0 saturated carbocycles. The molecule has 2 aromatic rings. The number of aromatic amines is 1. The first-order valence-electron chi connectivity index (χ1n) is 12.8. The predicted octanol–water partition coefficient (Wildman–Crippen LogP) is -1.24. The summed E-state index contributed by atoms with van der Waals surface area (Å²) in [5.74, 6) is -5.88. The fraction of sp³-hybridized carbons (Fsp3) is 0.462. The maximum atomic E-state index is 13.2. The lowest BCUT2D eigenvalue weighted by atomic mass is 9.97. The highest BCUT2D eigenvalue weighted by atomic mass is 16.4. The Labute approximate surface area is 230 Å². The van der Waals surface area contributed by atoms with Gasteiger partial charge >= 0.3 is 5.97 Å². The third-order valence-corrected chi connectivity index (χ3v) is 6.58. The first-order valence-corrected chi connectivity index (χ1v) is 12.8. The Balaban J connectivity index is 2.14. The van der Waals surface area contributed by atoms with E-state index in [0.29, 0.717) is 6.42 Å². The van der Waals surface area contributed by atoms with Crippen LogP contribution in [0, 0.1) is 5.92 Å². The summed E-state index contributed by atoms with van der Waals surface area (Å²) >= 11 is 0. The third kappa shape index (κ3) is 9.08. The SMILES string of the molecule is CCC(C)C(NC(=O)C(CC(N)=O)NC(=O)C(N)Cc1c[nH]c2ccccc12)C(=O)NC(CCC(N)=O)C(=O)O. The second kappa shape index (κ2) is 14.6. The summed E-state index contributed by atoms with van der Waals surface area (Å²) in [6, 6.07) is 2.29. The standard InChI is InChI=1S/C26H37N7O7/c1-3-13(2)22(25(38)31-18(26(39)40)8-9-20(28)34)33-24(37)19(11-21(29)35)32-23(36)16(27)10-14-12-30-17-7-5-4-6-15(14)17/h4-7,12-13,16,18-19,22,30H,3,8-11,27H2,1-2H3,(H2,28,34)(H2,29,35)(H,31,38)(H,32,36)(H,33,37)(H,39,40). The van der Waals surface area contributed by atoms with E-state index < -0.39 is 72.0 Å². The molecule has 0 radical (unpaired) electrons. The van der Waals surface area contributed by atoms with E-state index in [1.807, 2.05) is 24.3 Å². The van der Waals surface area contributed by atoms with Crippen molar-refractivity contribution in [1.82, 2.24) is 20.9 Å². The summed E-state index contributed by atoms with van der Waals surface area (Å²) in [7, 11) is 0. The number of hydrogen-bond donors (Lipinski definition) is 8. The maximum absolute atomic E-state index is 13.2. The van der Waals surface area contributed by atoms with Crippen LogP contribution in [0.4, 0.5) is 0 Å². The Morgan fingerprint density at radius 2 is 1.57 bits per heavy atom. The molecule has 1 heterocycles. The van der Waals surface area contributed by atoms with Gasteiger partial charge in [0, 0.05) is 23.5 Å². The molecule has 1 aromatic carbocycles. The van der Waals surface area contributed by atoms with Crippen molar-refractivity contribution in [3.63, 3.8) is 0 Å². The van der Waals surface area contributed by atoms with Crippen molar-refractivity contribution in [3.05, 3.63) is 36.0 Å².